The minimum Gasteiger partial charge on any atom is -0.493 e. The third-order valence-electron chi connectivity index (χ3n) is 4.60. The van der Waals surface area contributed by atoms with E-state index in [1.54, 1.807) is 54.6 Å². The molecular weight excluding hydrogens is 456 g/mol. The zero-order valence-corrected chi connectivity index (χ0v) is 19.7. The van der Waals surface area contributed by atoms with Crippen molar-refractivity contribution in [2.75, 3.05) is 17.7 Å². The van der Waals surface area contributed by atoms with Crippen molar-refractivity contribution >= 4 is 39.4 Å². The van der Waals surface area contributed by atoms with Gasteiger partial charge in [-0.2, -0.15) is 8.42 Å². The first-order chi connectivity index (χ1) is 16.2. The van der Waals surface area contributed by atoms with Crippen LogP contribution in [-0.4, -0.2) is 27.3 Å². The van der Waals surface area contributed by atoms with Gasteiger partial charge in [0.05, 0.1) is 7.11 Å². The van der Waals surface area contributed by atoms with Crippen LogP contribution in [0, 0.1) is 6.92 Å². The lowest BCUT2D eigenvalue weighted by Crippen LogP contribution is -2.10. The van der Waals surface area contributed by atoms with E-state index in [1.807, 2.05) is 6.92 Å². The number of carbonyl (C=O) groups excluding carboxylic acids is 2. The van der Waals surface area contributed by atoms with E-state index in [4.69, 9.17) is 8.92 Å². The van der Waals surface area contributed by atoms with Gasteiger partial charge in [-0.15, -0.1) is 0 Å². The number of anilines is 2. The summed E-state index contributed by atoms with van der Waals surface area (Å²) in [6, 6.07) is 17.6. The minimum atomic E-state index is -4.03. The SMILES string of the molecule is COc1cc(/C=C/C(=O)Nc2ccc(NC(C)=O)cc2)ccc1OS(=O)(=O)c1ccc(C)cc1. The third-order valence-corrected chi connectivity index (χ3v) is 5.85. The molecule has 3 aromatic carbocycles. The van der Waals surface area contributed by atoms with E-state index in [9.17, 15) is 18.0 Å². The van der Waals surface area contributed by atoms with E-state index in [0.717, 1.165) is 5.56 Å². The molecule has 3 rings (SSSR count). The van der Waals surface area contributed by atoms with E-state index >= 15 is 0 Å². The minimum absolute atomic E-state index is 0.0314. The first kappa shape index (κ1) is 24.5. The van der Waals surface area contributed by atoms with Crippen LogP contribution in [0.15, 0.2) is 77.7 Å². The van der Waals surface area contributed by atoms with Gasteiger partial charge in [0.15, 0.2) is 11.5 Å². The highest BCUT2D eigenvalue weighted by Crippen LogP contribution is 2.31. The van der Waals surface area contributed by atoms with Crippen molar-refractivity contribution in [3.05, 3.63) is 83.9 Å². The lowest BCUT2D eigenvalue weighted by atomic mass is 10.2. The maximum atomic E-state index is 12.6. The number of carbonyl (C=O) groups is 2. The Morgan fingerprint density at radius 2 is 1.47 bits per heavy atom. The summed E-state index contributed by atoms with van der Waals surface area (Å²) in [5, 5.41) is 5.36. The molecule has 176 valence electrons. The van der Waals surface area contributed by atoms with Crippen molar-refractivity contribution in [1.29, 1.82) is 0 Å². The molecule has 8 nitrogen and oxygen atoms in total. The maximum Gasteiger partial charge on any atom is 0.339 e. The fraction of sp³-hybridized carbons (Fsp3) is 0.120. The quantitative estimate of drug-likeness (QED) is 0.366. The molecule has 0 saturated carbocycles. The molecule has 2 amide bonds. The number of rotatable bonds is 8. The van der Waals surface area contributed by atoms with Crippen LogP contribution in [0.25, 0.3) is 6.08 Å². The van der Waals surface area contributed by atoms with Crippen molar-refractivity contribution in [2.45, 2.75) is 18.7 Å². The predicted molar refractivity (Wildman–Crippen MR) is 130 cm³/mol. The highest BCUT2D eigenvalue weighted by Gasteiger charge is 2.19. The number of amides is 2. The molecule has 9 heteroatoms. The largest absolute Gasteiger partial charge is 0.493 e. The Kier molecular flexibility index (Phi) is 7.70. The Labute approximate surface area is 198 Å². The second-order valence-electron chi connectivity index (χ2n) is 7.34. The molecule has 0 heterocycles. The summed E-state index contributed by atoms with van der Waals surface area (Å²) in [4.78, 5) is 23.3. The summed E-state index contributed by atoms with van der Waals surface area (Å²) in [6.45, 7) is 3.27. The van der Waals surface area contributed by atoms with Crippen molar-refractivity contribution in [1.82, 2.24) is 0 Å². The topological polar surface area (TPSA) is 111 Å². The highest BCUT2D eigenvalue weighted by molar-refractivity contribution is 7.87. The lowest BCUT2D eigenvalue weighted by Gasteiger charge is -2.11. The normalized spacial score (nSPS) is 11.1. The Hall–Kier alpha value is -4.11. The van der Waals surface area contributed by atoms with Gasteiger partial charge in [-0.25, -0.2) is 0 Å². The number of nitrogens with one attached hydrogen (secondary N) is 2. The van der Waals surface area contributed by atoms with Crippen molar-refractivity contribution in [3.63, 3.8) is 0 Å². The van der Waals surface area contributed by atoms with Gasteiger partial charge in [0.2, 0.25) is 11.8 Å². The molecule has 0 aliphatic carbocycles. The van der Waals surface area contributed by atoms with Gasteiger partial charge in [0, 0.05) is 24.4 Å². The molecule has 0 unspecified atom stereocenters. The van der Waals surface area contributed by atoms with Gasteiger partial charge in [-0.05, 0) is 67.1 Å². The smallest absolute Gasteiger partial charge is 0.339 e. The summed E-state index contributed by atoms with van der Waals surface area (Å²) in [6.07, 6.45) is 2.89. The molecule has 0 aliphatic heterocycles. The number of aryl methyl sites for hydroxylation is 1. The number of ether oxygens (including phenoxy) is 1. The molecule has 0 spiro atoms. The second kappa shape index (κ2) is 10.7. The summed E-state index contributed by atoms with van der Waals surface area (Å²) < 4.78 is 35.7. The monoisotopic (exact) mass is 480 g/mol. The standard InChI is InChI=1S/C25H24N2O6S/c1-17-4-12-22(13-5-17)34(30,31)33-23-14-6-19(16-24(23)32-3)7-15-25(29)27-21-10-8-20(9-11-21)26-18(2)28/h4-16H,1-3H3,(H,26,28)(H,27,29)/b15-7+. The van der Waals surface area contributed by atoms with Crippen LogP contribution < -0.4 is 19.6 Å². The van der Waals surface area contributed by atoms with Crippen LogP contribution in [-0.2, 0) is 19.7 Å². The predicted octanol–water partition coefficient (Wildman–Crippen LogP) is 4.38. The summed E-state index contributed by atoms with van der Waals surface area (Å²) in [5.74, 6) is -0.316. The molecule has 0 saturated heterocycles. The molecule has 0 atom stereocenters. The summed E-state index contributed by atoms with van der Waals surface area (Å²) in [7, 11) is -2.64. The zero-order valence-electron chi connectivity index (χ0n) is 18.9. The molecule has 0 radical (unpaired) electrons. The number of benzene rings is 3. The highest BCUT2D eigenvalue weighted by atomic mass is 32.2. The first-order valence-corrected chi connectivity index (χ1v) is 11.6. The molecule has 0 aromatic heterocycles. The third kappa shape index (κ3) is 6.69. The number of hydrogen-bond donors (Lipinski definition) is 2. The fourth-order valence-corrected chi connectivity index (χ4v) is 3.86. The fourth-order valence-electron chi connectivity index (χ4n) is 2.92. The molecule has 0 bridgehead atoms. The van der Waals surface area contributed by atoms with Gasteiger partial charge >= 0.3 is 10.1 Å². The molecule has 0 aliphatic rings. The van der Waals surface area contributed by atoms with Crippen molar-refractivity contribution < 1.29 is 26.9 Å². The van der Waals surface area contributed by atoms with Crippen molar-refractivity contribution in [2.24, 2.45) is 0 Å². The average molecular weight is 481 g/mol. The van der Waals surface area contributed by atoms with Crippen molar-refractivity contribution in [3.8, 4) is 11.5 Å². The van der Waals surface area contributed by atoms with Crippen LogP contribution in [0.2, 0.25) is 0 Å². The van der Waals surface area contributed by atoms with Crippen LogP contribution in [0.4, 0.5) is 11.4 Å². The van der Waals surface area contributed by atoms with E-state index < -0.39 is 10.1 Å². The van der Waals surface area contributed by atoms with Gasteiger partial charge in [-0.3, -0.25) is 9.59 Å². The van der Waals surface area contributed by atoms with Gasteiger partial charge in [-0.1, -0.05) is 23.8 Å². The second-order valence-corrected chi connectivity index (χ2v) is 8.89. The number of hydrogen-bond acceptors (Lipinski definition) is 6. The van der Waals surface area contributed by atoms with E-state index in [-0.39, 0.29) is 28.2 Å². The Balaban J connectivity index is 1.68. The van der Waals surface area contributed by atoms with E-state index in [1.165, 1.54) is 38.3 Å². The Morgan fingerprint density at radius 3 is 2.06 bits per heavy atom. The van der Waals surface area contributed by atoms with Crippen LogP contribution in [0.1, 0.15) is 18.1 Å². The Bertz CT molecular complexity index is 1310. The van der Waals surface area contributed by atoms with Crippen LogP contribution in [0.5, 0.6) is 11.5 Å². The molecular formula is C25H24N2O6S. The summed E-state index contributed by atoms with van der Waals surface area (Å²) in [5.41, 5.74) is 2.72. The molecule has 34 heavy (non-hydrogen) atoms. The lowest BCUT2D eigenvalue weighted by molar-refractivity contribution is -0.114. The Morgan fingerprint density at radius 1 is 0.853 bits per heavy atom. The van der Waals surface area contributed by atoms with E-state index in [2.05, 4.69) is 10.6 Å². The van der Waals surface area contributed by atoms with Gasteiger partial charge < -0.3 is 19.6 Å². The first-order valence-electron chi connectivity index (χ1n) is 10.2. The van der Waals surface area contributed by atoms with Crippen LogP contribution in [0.3, 0.4) is 0 Å². The maximum absolute atomic E-state index is 12.6. The number of methoxy groups -OCH3 is 1. The van der Waals surface area contributed by atoms with Gasteiger partial charge in [0.1, 0.15) is 4.90 Å². The average Bonchev–Trinajstić information content (AvgIpc) is 2.79. The van der Waals surface area contributed by atoms with E-state index in [0.29, 0.717) is 16.9 Å². The van der Waals surface area contributed by atoms with Gasteiger partial charge in [0.25, 0.3) is 0 Å². The van der Waals surface area contributed by atoms with Crippen LogP contribution >= 0.6 is 0 Å². The molecule has 2 N–H and O–H groups in total. The molecule has 3 aromatic rings. The zero-order chi connectivity index (χ0) is 24.7. The molecule has 0 fully saturated rings. The summed E-state index contributed by atoms with van der Waals surface area (Å²) >= 11 is 0.